The van der Waals surface area contributed by atoms with E-state index < -0.39 is 0 Å². The highest BCUT2D eigenvalue weighted by atomic mass is 35.5. The van der Waals surface area contributed by atoms with Gasteiger partial charge in [-0.2, -0.15) is 11.8 Å². The molecule has 0 heterocycles. The SMILES string of the molecule is Cc1cccc(CSCCNC(=O)CSCc2ccc(Cl)c(Cl)c2)c1. The van der Waals surface area contributed by atoms with Crippen LogP contribution in [0.25, 0.3) is 0 Å². The van der Waals surface area contributed by atoms with Gasteiger partial charge in [-0.3, -0.25) is 4.79 Å². The highest BCUT2D eigenvalue weighted by molar-refractivity contribution is 7.99. The lowest BCUT2D eigenvalue weighted by Gasteiger charge is -2.06. The number of carbonyl (C=O) groups excluding carboxylic acids is 1. The molecule has 0 radical (unpaired) electrons. The molecule has 25 heavy (non-hydrogen) atoms. The number of thioether (sulfide) groups is 2. The van der Waals surface area contributed by atoms with Crippen LogP contribution in [0.5, 0.6) is 0 Å². The predicted molar refractivity (Wildman–Crippen MR) is 113 cm³/mol. The number of aryl methyl sites for hydroxylation is 1. The molecule has 1 N–H and O–H groups in total. The van der Waals surface area contributed by atoms with Gasteiger partial charge in [-0.15, -0.1) is 11.8 Å². The second-order valence-corrected chi connectivity index (χ2v) is 8.54. The summed E-state index contributed by atoms with van der Waals surface area (Å²) in [5.74, 6) is 3.15. The van der Waals surface area contributed by atoms with Crippen LogP contribution in [0.15, 0.2) is 42.5 Å². The molecule has 2 nitrogen and oxygen atoms in total. The van der Waals surface area contributed by atoms with Gasteiger partial charge in [0.05, 0.1) is 15.8 Å². The van der Waals surface area contributed by atoms with Crippen LogP contribution >= 0.6 is 46.7 Å². The van der Waals surface area contributed by atoms with Gasteiger partial charge in [-0.05, 0) is 30.2 Å². The molecule has 0 atom stereocenters. The molecule has 0 aliphatic rings. The Kier molecular flexibility index (Phi) is 9.04. The second-order valence-electron chi connectivity index (χ2n) is 5.63. The zero-order valence-electron chi connectivity index (χ0n) is 14.1. The molecule has 0 aliphatic heterocycles. The van der Waals surface area contributed by atoms with Gasteiger partial charge >= 0.3 is 0 Å². The molecule has 0 saturated heterocycles. The molecule has 0 unspecified atom stereocenters. The first-order chi connectivity index (χ1) is 12.0. The van der Waals surface area contributed by atoms with E-state index in [1.54, 1.807) is 17.8 Å². The fourth-order valence-electron chi connectivity index (χ4n) is 2.20. The fraction of sp³-hybridized carbons (Fsp3) is 0.316. The molecule has 0 saturated carbocycles. The molecule has 2 aromatic carbocycles. The third-order valence-corrected chi connectivity index (χ3v) is 6.18. The van der Waals surface area contributed by atoms with Gasteiger partial charge in [0, 0.05) is 23.8 Å². The summed E-state index contributed by atoms with van der Waals surface area (Å²) in [5, 5.41) is 4.06. The summed E-state index contributed by atoms with van der Waals surface area (Å²) in [4.78, 5) is 11.8. The Hall–Kier alpha value is -0.810. The van der Waals surface area contributed by atoms with E-state index in [1.165, 1.54) is 11.1 Å². The second kappa shape index (κ2) is 11.0. The van der Waals surface area contributed by atoms with Crippen molar-refractivity contribution >= 4 is 52.6 Å². The summed E-state index contributed by atoms with van der Waals surface area (Å²) in [7, 11) is 0. The molecule has 2 aromatic rings. The predicted octanol–water partition coefficient (Wildman–Crippen LogP) is 5.58. The Labute approximate surface area is 168 Å². The fourth-order valence-corrected chi connectivity index (χ4v) is 4.13. The molecule has 0 aliphatic carbocycles. The van der Waals surface area contributed by atoms with E-state index in [2.05, 4.69) is 36.5 Å². The average Bonchev–Trinajstić information content (AvgIpc) is 2.58. The molecule has 0 aromatic heterocycles. The van der Waals surface area contributed by atoms with Crippen LogP contribution in [0.1, 0.15) is 16.7 Å². The average molecular weight is 414 g/mol. The zero-order chi connectivity index (χ0) is 18.1. The maximum absolute atomic E-state index is 11.8. The van der Waals surface area contributed by atoms with Gasteiger partial charge in [-0.1, -0.05) is 59.1 Å². The minimum absolute atomic E-state index is 0.0706. The van der Waals surface area contributed by atoms with Crippen molar-refractivity contribution < 1.29 is 4.79 Å². The maximum atomic E-state index is 11.8. The molecule has 0 fully saturated rings. The summed E-state index contributed by atoms with van der Waals surface area (Å²) in [6.45, 7) is 2.80. The van der Waals surface area contributed by atoms with E-state index in [-0.39, 0.29) is 5.91 Å². The van der Waals surface area contributed by atoms with Gasteiger partial charge < -0.3 is 5.32 Å². The van der Waals surface area contributed by atoms with Crippen LogP contribution in [0, 0.1) is 6.92 Å². The third kappa shape index (κ3) is 7.95. The zero-order valence-corrected chi connectivity index (χ0v) is 17.2. The summed E-state index contributed by atoms with van der Waals surface area (Å²) in [6, 6.07) is 14.1. The monoisotopic (exact) mass is 413 g/mol. The summed E-state index contributed by atoms with van der Waals surface area (Å²) in [5.41, 5.74) is 3.68. The Morgan fingerprint density at radius 1 is 1.00 bits per heavy atom. The number of hydrogen-bond acceptors (Lipinski definition) is 3. The lowest BCUT2D eigenvalue weighted by atomic mass is 10.2. The minimum Gasteiger partial charge on any atom is -0.355 e. The number of amides is 1. The first kappa shape index (κ1) is 20.5. The molecular weight excluding hydrogens is 393 g/mol. The highest BCUT2D eigenvalue weighted by Gasteiger charge is 2.04. The van der Waals surface area contributed by atoms with Crippen LogP contribution in [-0.4, -0.2) is 24.0 Å². The largest absolute Gasteiger partial charge is 0.355 e. The Morgan fingerprint density at radius 2 is 1.76 bits per heavy atom. The van der Waals surface area contributed by atoms with E-state index in [0.717, 1.165) is 22.8 Å². The number of benzene rings is 2. The van der Waals surface area contributed by atoms with Crippen molar-refractivity contribution in [2.75, 3.05) is 18.1 Å². The van der Waals surface area contributed by atoms with E-state index in [0.29, 0.717) is 22.3 Å². The van der Waals surface area contributed by atoms with Gasteiger partial charge in [0.15, 0.2) is 0 Å². The van der Waals surface area contributed by atoms with E-state index >= 15 is 0 Å². The van der Waals surface area contributed by atoms with E-state index in [4.69, 9.17) is 23.2 Å². The number of rotatable bonds is 9. The van der Waals surface area contributed by atoms with Crippen molar-refractivity contribution in [3.8, 4) is 0 Å². The van der Waals surface area contributed by atoms with Crippen LogP contribution in [0.3, 0.4) is 0 Å². The summed E-state index contributed by atoms with van der Waals surface area (Å²) >= 11 is 15.3. The Morgan fingerprint density at radius 3 is 2.52 bits per heavy atom. The van der Waals surface area contributed by atoms with Crippen LogP contribution in [0.2, 0.25) is 10.0 Å². The molecule has 6 heteroatoms. The van der Waals surface area contributed by atoms with Crippen molar-refractivity contribution in [3.63, 3.8) is 0 Å². The van der Waals surface area contributed by atoms with Gasteiger partial charge in [0.2, 0.25) is 5.91 Å². The normalized spacial score (nSPS) is 10.7. The lowest BCUT2D eigenvalue weighted by Crippen LogP contribution is -2.27. The topological polar surface area (TPSA) is 29.1 Å². The van der Waals surface area contributed by atoms with Crippen molar-refractivity contribution in [2.24, 2.45) is 0 Å². The van der Waals surface area contributed by atoms with Crippen molar-refractivity contribution in [2.45, 2.75) is 18.4 Å². The number of carbonyl (C=O) groups is 1. The summed E-state index contributed by atoms with van der Waals surface area (Å²) < 4.78 is 0. The lowest BCUT2D eigenvalue weighted by molar-refractivity contribution is -0.118. The van der Waals surface area contributed by atoms with Crippen LogP contribution in [0.4, 0.5) is 0 Å². The molecule has 0 bridgehead atoms. The molecule has 134 valence electrons. The molecular formula is C19H21Cl2NOS2. The molecule has 2 rings (SSSR count). The first-order valence-electron chi connectivity index (χ1n) is 7.96. The smallest absolute Gasteiger partial charge is 0.230 e. The van der Waals surface area contributed by atoms with E-state index in [9.17, 15) is 4.79 Å². The quantitative estimate of drug-likeness (QED) is 0.543. The van der Waals surface area contributed by atoms with Crippen molar-refractivity contribution in [3.05, 3.63) is 69.2 Å². The third-order valence-electron chi connectivity index (χ3n) is 3.41. The minimum atomic E-state index is 0.0706. The van der Waals surface area contributed by atoms with Gasteiger partial charge in [0.25, 0.3) is 0 Å². The Balaban J connectivity index is 1.55. The highest BCUT2D eigenvalue weighted by Crippen LogP contribution is 2.24. The molecule has 1 amide bonds. The number of nitrogens with one attached hydrogen (secondary N) is 1. The van der Waals surface area contributed by atoms with Crippen LogP contribution in [-0.2, 0) is 16.3 Å². The van der Waals surface area contributed by atoms with E-state index in [1.807, 2.05) is 23.9 Å². The first-order valence-corrected chi connectivity index (χ1v) is 11.0. The Bertz CT molecular complexity index is 710. The summed E-state index contributed by atoms with van der Waals surface area (Å²) in [6.07, 6.45) is 0. The number of hydrogen-bond donors (Lipinski definition) is 1. The van der Waals surface area contributed by atoms with Crippen molar-refractivity contribution in [1.82, 2.24) is 5.32 Å². The standard InChI is InChI=1S/C19H21Cl2NOS2/c1-14-3-2-4-15(9-14)11-24-8-7-22-19(23)13-25-12-16-5-6-17(20)18(21)10-16/h2-6,9-10H,7-8,11-13H2,1H3,(H,22,23). The molecule has 0 spiro atoms. The van der Waals surface area contributed by atoms with Crippen LogP contribution < -0.4 is 5.32 Å². The number of halogens is 2. The van der Waals surface area contributed by atoms with Gasteiger partial charge in [-0.25, -0.2) is 0 Å². The maximum Gasteiger partial charge on any atom is 0.230 e. The van der Waals surface area contributed by atoms with Gasteiger partial charge in [0.1, 0.15) is 0 Å². The van der Waals surface area contributed by atoms with Crippen molar-refractivity contribution in [1.29, 1.82) is 0 Å².